The first-order valence-electron chi connectivity index (χ1n) is 7.70. The van der Waals surface area contributed by atoms with E-state index in [4.69, 9.17) is 9.31 Å². The fourth-order valence-electron chi connectivity index (χ4n) is 2.11. The third kappa shape index (κ3) is 4.20. The molecule has 0 amide bonds. The third-order valence-corrected chi connectivity index (χ3v) is 4.04. The highest BCUT2D eigenvalue weighted by molar-refractivity contribution is 6.62. The van der Waals surface area contributed by atoms with Gasteiger partial charge in [-0.05, 0) is 33.1 Å². The Hall–Kier alpha value is -0.605. The maximum Gasteiger partial charge on any atom is 0.498 e. The maximum atomic E-state index is 12.8. The van der Waals surface area contributed by atoms with Crippen LogP contribution in [0.4, 0.5) is 0 Å². The van der Waals surface area contributed by atoms with E-state index in [-0.39, 0.29) is 11.2 Å². The summed E-state index contributed by atoms with van der Waals surface area (Å²) in [6, 6.07) is 0. The van der Waals surface area contributed by atoms with Gasteiger partial charge < -0.3 is 9.31 Å². The standard InChI is InChI=1S/C17H31BO3/c1-14(2,3)11-12(13(19)15(4,5)6)18-20-16(7,8)17(9,10)21-18/h11H,1-10H3/b12-11-. The highest BCUT2D eigenvalue weighted by Crippen LogP contribution is 2.40. The molecular formula is C17H31BO3. The van der Waals surface area contributed by atoms with Crippen molar-refractivity contribution in [2.75, 3.05) is 0 Å². The van der Waals surface area contributed by atoms with E-state index in [9.17, 15) is 4.79 Å². The van der Waals surface area contributed by atoms with Crippen LogP contribution >= 0.6 is 0 Å². The van der Waals surface area contributed by atoms with Gasteiger partial charge in [0.25, 0.3) is 0 Å². The SMILES string of the molecule is CC(C)(C)/C=C(\B1OC(C)(C)C(C)(C)O1)C(=O)C(C)(C)C. The summed E-state index contributed by atoms with van der Waals surface area (Å²) in [6.45, 7) is 20.0. The van der Waals surface area contributed by atoms with Gasteiger partial charge in [0.2, 0.25) is 0 Å². The molecule has 1 heterocycles. The van der Waals surface area contributed by atoms with Crippen LogP contribution in [0.15, 0.2) is 11.5 Å². The fraction of sp³-hybridized carbons (Fsp3) is 0.824. The zero-order valence-corrected chi connectivity index (χ0v) is 15.4. The molecule has 21 heavy (non-hydrogen) atoms. The van der Waals surface area contributed by atoms with E-state index in [1.807, 2.05) is 54.5 Å². The van der Waals surface area contributed by atoms with Gasteiger partial charge in [-0.1, -0.05) is 47.6 Å². The van der Waals surface area contributed by atoms with Crippen molar-refractivity contribution >= 4 is 12.9 Å². The molecule has 4 heteroatoms. The topological polar surface area (TPSA) is 35.5 Å². The van der Waals surface area contributed by atoms with Gasteiger partial charge in [0, 0.05) is 10.9 Å². The number of carbonyl (C=O) groups is 1. The zero-order valence-electron chi connectivity index (χ0n) is 15.4. The number of hydrogen-bond donors (Lipinski definition) is 0. The molecule has 0 saturated carbocycles. The Balaban J connectivity index is 3.24. The monoisotopic (exact) mass is 294 g/mol. The molecule has 0 N–H and O–H groups in total. The largest absolute Gasteiger partial charge is 0.498 e. The first kappa shape index (κ1) is 18.4. The first-order valence-corrected chi connectivity index (χ1v) is 7.70. The molecule has 1 rings (SSSR count). The van der Waals surface area contributed by atoms with E-state index in [0.717, 1.165) is 0 Å². The zero-order chi connectivity index (χ0) is 16.9. The molecular weight excluding hydrogens is 263 g/mol. The van der Waals surface area contributed by atoms with E-state index in [0.29, 0.717) is 5.47 Å². The van der Waals surface area contributed by atoms with Crippen LogP contribution in [0.25, 0.3) is 0 Å². The van der Waals surface area contributed by atoms with Gasteiger partial charge >= 0.3 is 7.12 Å². The minimum absolute atomic E-state index is 0.0796. The van der Waals surface area contributed by atoms with Crippen LogP contribution in [0, 0.1) is 10.8 Å². The van der Waals surface area contributed by atoms with Gasteiger partial charge in [-0.15, -0.1) is 0 Å². The molecule has 0 aromatic carbocycles. The summed E-state index contributed by atoms with van der Waals surface area (Å²) in [5.74, 6) is 0.0796. The van der Waals surface area contributed by atoms with Crippen LogP contribution in [0.3, 0.4) is 0 Å². The van der Waals surface area contributed by atoms with Crippen LogP contribution in [0.2, 0.25) is 0 Å². The number of carbonyl (C=O) groups excluding carboxylic acids is 1. The van der Waals surface area contributed by atoms with Crippen molar-refractivity contribution in [1.82, 2.24) is 0 Å². The van der Waals surface area contributed by atoms with Crippen LogP contribution in [-0.4, -0.2) is 24.1 Å². The molecule has 0 aromatic rings. The Morgan fingerprint density at radius 1 is 0.905 bits per heavy atom. The molecule has 0 bridgehead atoms. The van der Waals surface area contributed by atoms with E-state index in [1.165, 1.54) is 0 Å². The predicted octanol–water partition coefficient (Wildman–Crippen LogP) is 4.21. The minimum atomic E-state index is -0.596. The molecule has 1 aliphatic rings. The van der Waals surface area contributed by atoms with Crippen molar-refractivity contribution in [2.24, 2.45) is 10.8 Å². The van der Waals surface area contributed by atoms with Crippen LogP contribution in [0.5, 0.6) is 0 Å². The predicted molar refractivity (Wildman–Crippen MR) is 88.1 cm³/mol. The van der Waals surface area contributed by atoms with Gasteiger partial charge in [0.1, 0.15) is 0 Å². The smallest absolute Gasteiger partial charge is 0.399 e. The summed E-state index contributed by atoms with van der Waals surface area (Å²) in [5.41, 5.74) is -0.811. The van der Waals surface area contributed by atoms with E-state index in [2.05, 4.69) is 20.8 Å². The second-order valence-electron chi connectivity index (χ2n) is 9.13. The molecule has 0 aliphatic carbocycles. The quantitative estimate of drug-likeness (QED) is 0.565. The highest BCUT2D eigenvalue weighted by atomic mass is 16.7. The Bertz CT molecular complexity index is 432. The van der Waals surface area contributed by atoms with E-state index < -0.39 is 23.7 Å². The van der Waals surface area contributed by atoms with E-state index in [1.54, 1.807) is 0 Å². The van der Waals surface area contributed by atoms with Crippen molar-refractivity contribution in [3.05, 3.63) is 11.5 Å². The van der Waals surface area contributed by atoms with Crippen molar-refractivity contribution in [2.45, 2.75) is 80.4 Å². The van der Waals surface area contributed by atoms with Crippen LogP contribution < -0.4 is 0 Å². The molecule has 1 aliphatic heterocycles. The minimum Gasteiger partial charge on any atom is -0.399 e. The van der Waals surface area contributed by atoms with Gasteiger partial charge in [0.05, 0.1) is 11.2 Å². The number of ketones is 1. The number of hydrogen-bond acceptors (Lipinski definition) is 3. The Morgan fingerprint density at radius 2 is 1.29 bits per heavy atom. The Morgan fingerprint density at radius 3 is 1.57 bits per heavy atom. The van der Waals surface area contributed by atoms with Crippen molar-refractivity contribution < 1.29 is 14.1 Å². The average Bonchev–Trinajstić information content (AvgIpc) is 2.41. The average molecular weight is 294 g/mol. The molecule has 1 saturated heterocycles. The molecule has 0 spiro atoms. The summed E-state index contributed by atoms with van der Waals surface area (Å²) in [6.07, 6.45) is 1.99. The lowest BCUT2D eigenvalue weighted by molar-refractivity contribution is -0.122. The summed E-state index contributed by atoms with van der Waals surface area (Å²) < 4.78 is 12.2. The number of allylic oxidation sites excluding steroid dienone is 2. The Kier molecular flexibility index (Phi) is 4.60. The molecule has 0 radical (unpaired) electrons. The summed E-state index contributed by atoms with van der Waals surface area (Å²) in [5, 5.41) is 0. The Labute approximate surface area is 130 Å². The van der Waals surface area contributed by atoms with Crippen molar-refractivity contribution in [3.63, 3.8) is 0 Å². The lowest BCUT2D eigenvalue weighted by atomic mass is 9.67. The van der Waals surface area contributed by atoms with Crippen LogP contribution in [-0.2, 0) is 14.1 Å². The molecule has 120 valence electrons. The van der Waals surface area contributed by atoms with Gasteiger partial charge in [-0.25, -0.2) is 0 Å². The molecule has 3 nitrogen and oxygen atoms in total. The first-order chi connectivity index (χ1) is 9.07. The van der Waals surface area contributed by atoms with E-state index >= 15 is 0 Å². The van der Waals surface area contributed by atoms with Crippen LogP contribution in [0.1, 0.15) is 69.2 Å². The molecule has 0 atom stereocenters. The molecule has 1 fully saturated rings. The van der Waals surface area contributed by atoms with Gasteiger partial charge in [-0.2, -0.15) is 0 Å². The lowest BCUT2D eigenvalue weighted by Crippen LogP contribution is -2.41. The molecule has 0 unspecified atom stereocenters. The van der Waals surface area contributed by atoms with Gasteiger partial charge in [-0.3, -0.25) is 4.79 Å². The lowest BCUT2D eigenvalue weighted by Gasteiger charge is -2.32. The second-order valence-corrected chi connectivity index (χ2v) is 9.13. The van der Waals surface area contributed by atoms with Crippen molar-refractivity contribution in [3.8, 4) is 0 Å². The van der Waals surface area contributed by atoms with Gasteiger partial charge in [0.15, 0.2) is 5.78 Å². The maximum absolute atomic E-state index is 12.8. The fourth-order valence-corrected chi connectivity index (χ4v) is 2.11. The summed E-state index contributed by atoms with van der Waals surface area (Å²) in [4.78, 5) is 12.8. The number of Topliss-reactive ketones (excluding diaryl/α,β-unsaturated/α-hetero) is 1. The molecule has 0 aromatic heterocycles. The third-order valence-electron chi connectivity index (χ3n) is 4.04. The number of rotatable bonds is 2. The van der Waals surface area contributed by atoms with Crippen molar-refractivity contribution in [1.29, 1.82) is 0 Å². The summed E-state index contributed by atoms with van der Waals surface area (Å²) in [7, 11) is -0.596. The second kappa shape index (κ2) is 5.24. The highest BCUT2D eigenvalue weighted by Gasteiger charge is 2.54. The normalized spacial score (nSPS) is 22.6. The summed E-state index contributed by atoms with van der Waals surface area (Å²) >= 11 is 0.